The van der Waals surface area contributed by atoms with Gasteiger partial charge in [0.25, 0.3) is 0 Å². The maximum absolute atomic E-state index is 11.1. The van der Waals surface area contributed by atoms with Gasteiger partial charge in [-0.2, -0.15) is 0 Å². The number of benzene rings is 1. The molecule has 1 amide bonds. The van der Waals surface area contributed by atoms with Crippen LogP contribution in [0.5, 0.6) is 0 Å². The summed E-state index contributed by atoms with van der Waals surface area (Å²) in [6.07, 6.45) is 1.29. The van der Waals surface area contributed by atoms with E-state index in [0.717, 1.165) is 16.5 Å². The van der Waals surface area contributed by atoms with E-state index in [0.29, 0.717) is 5.02 Å². The van der Waals surface area contributed by atoms with Gasteiger partial charge in [0.2, 0.25) is 0 Å². The maximum Gasteiger partial charge on any atom is 0.407 e. The van der Waals surface area contributed by atoms with Crippen molar-refractivity contribution in [1.82, 2.24) is 10.3 Å². The van der Waals surface area contributed by atoms with E-state index >= 15 is 0 Å². The minimum atomic E-state index is -0.418. The number of aromatic nitrogens is 1. The van der Waals surface area contributed by atoms with Crippen molar-refractivity contribution in [2.75, 3.05) is 6.61 Å². The Morgan fingerprint density at radius 3 is 3.06 bits per heavy atom. The highest BCUT2D eigenvalue weighted by Gasteiger charge is 2.27. The van der Waals surface area contributed by atoms with Gasteiger partial charge in [0.15, 0.2) is 0 Å². The van der Waals surface area contributed by atoms with Gasteiger partial charge in [-0.15, -0.1) is 0 Å². The van der Waals surface area contributed by atoms with Crippen LogP contribution >= 0.6 is 11.6 Å². The lowest BCUT2D eigenvalue weighted by Crippen LogP contribution is -2.19. The molecule has 1 saturated heterocycles. The molecule has 17 heavy (non-hydrogen) atoms. The summed E-state index contributed by atoms with van der Waals surface area (Å²) < 4.78 is 4.89. The molecule has 5 heteroatoms. The number of fused-ring (bicyclic) bond motifs is 1. The zero-order valence-electron chi connectivity index (χ0n) is 8.81. The number of nitrogens with one attached hydrogen (secondary N) is 1. The standard InChI is InChI=1S/C12H9ClN2O2/c13-8-4-3-7-2-1-5-14-11(7)10(8)9-6-17-12(16)15-9/h1-5,9H,6H2,(H,15,16). The fourth-order valence-electron chi connectivity index (χ4n) is 2.01. The lowest BCUT2D eigenvalue weighted by molar-refractivity contribution is 0.177. The summed E-state index contributed by atoms with van der Waals surface area (Å²) in [6, 6.07) is 7.31. The number of hydrogen-bond donors (Lipinski definition) is 1. The van der Waals surface area contributed by atoms with Crippen LogP contribution < -0.4 is 5.32 Å². The summed E-state index contributed by atoms with van der Waals surface area (Å²) in [5.41, 5.74) is 1.62. The third-order valence-electron chi connectivity index (χ3n) is 2.78. The Morgan fingerprint density at radius 1 is 1.41 bits per heavy atom. The van der Waals surface area contributed by atoms with Gasteiger partial charge in [0.1, 0.15) is 6.61 Å². The number of cyclic esters (lactones) is 1. The van der Waals surface area contributed by atoms with E-state index in [1.165, 1.54) is 0 Å². The van der Waals surface area contributed by atoms with Crippen LogP contribution in [0.4, 0.5) is 4.79 Å². The quantitative estimate of drug-likeness (QED) is 0.844. The van der Waals surface area contributed by atoms with Crippen molar-refractivity contribution in [2.24, 2.45) is 0 Å². The molecule has 1 N–H and O–H groups in total. The van der Waals surface area contributed by atoms with Crippen LogP contribution in [-0.2, 0) is 4.74 Å². The molecule has 0 saturated carbocycles. The fourth-order valence-corrected chi connectivity index (χ4v) is 2.30. The first-order chi connectivity index (χ1) is 8.25. The van der Waals surface area contributed by atoms with Crippen molar-refractivity contribution in [3.8, 4) is 0 Å². The van der Waals surface area contributed by atoms with Crippen molar-refractivity contribution in [3.63, 3.8) is 0 Å². The molecule has 2 heterocycles. The van der Waals surface area contributed by atoms with Crippen molar-refractivity contribution < 1.29 is 9.53 Å². The summed E-state index contributed by atoms with van der Waals surface area (Å²) in [5.74, 6) is 0. The number of nitrogens with zero attached hydrogens (tertiary/aromatic N) is 1. The molecule has 4 nitrogen and oxygen atoms in total. The van der Waals surface area contributed by atoms with E-state index in [9.17, 15) is 4.79 Å². The average molecular weight is 249 g/mol. The molecular weight excluding hydrogens is 240 g/mol. The van der Waals surface area contributed by atoms with E-state index < -0.39 is 6.09 Å². The largest absolute Gasteiger partial charge is 0.447 e. The van der Waals surface area contributed by atoms with E-state index in [-0.39, 0.29) is 12.6 Å². The van der Waals surface area contributed by atoms with Crippen LogP contribution in [0, 0.1) is 0 Å². The van der Waals surface area contributed by atoms with Crippen molar-refractivity contribution in [2.45, 2.75) is 6.04 Å². The predicted octanol–water partition coefficient (Wildman–Crippen LogP) is 2.67. The fraction of sp³-hybridized carbons (Fsp3) is 0.167. The SMILES string of the molecule is O=C1NC(c2c(Cl)ccc3cccnc23)CO1. The zero-order chi connectivity index (χ0) is 11.8. The van der Waals surface area contributed by atoms with Crippen molar-refractivity contribution in [1.29, 1.82) is 0 Å². The molecule has 1 aromatic carbocycles. The first-order valence-corrected chi connectivity index (χ1v) is 5.60. The van der Waals surface area contributed by atoms with Gasteiger partial charge in [0.05, 0.1) is 11.6 Å². The van der Waals surface area contributed by atoms with Crippen molar-refractivity contribution in [3.05, 3.63) is 41.0 Å². The topological polar surface area (TPSA) is 51.2 Å². The summed E-state index contributed by atoms with van der Waals surface area (Å²) in [7, 11) is 0. The van der Waals surface area contributed by atoms with Crippen LogP contribution in [-0.4, -0.2) is 17.7 Å². The Kier molecular flexibility index (Phi) is 2.37. The highest BCUT2D eigenvalue weighted by atomic mass is 35.5. The minimum Gasteiger partial charge on any atom is -0.447 e. The highest BCUT2D eigenvalue weighted by Crippen LogP contribution is 2.31. The lowest BCUT2D eigenvalue weighted by atomic mass is 10.0. The Bertz CT molecular complexity index is 600. The molecule has 0 bridgehead atoms. The molecular formula is C12H9ClN2O2. The highest BCUT2D eigenvalue weighted by molar-refractivity contribution is 6.32. The Labute approximate surface area is 103 Å². The third kappa shape index (κ3) is 1.70. The Hall–Kier alpha value is -1.81. The van der Waals surface area contributed by atoms with Gasteiger partial charge in [-0.25, -0.2) is 4.79 Å². The number of ether oxygens (including phenoxy) is 1. The molecule has 0 aliphatic carbocycles. The smallest absolute Gasteiger partial charge is 0.407 e. The van der Waals surface area contributed by atoms with E-state index in [2.05, 4.69) is 10.3 Å². The molecule has 1 aliphatic heterocycles. The van der Waals surface area contributed by atoms with Crippen LogP contribution in [0.3, 0.4) is 0 Å². The second-order valence-corrected chi connectivity index (χ2v) is 4.24. The van der Waals surface area contributed by atoms with Crippen molar-refractivity contribution >= 4 is 28.6 Å². The average Bonchev–Trinajstić information content (AvgIpc) is 2.75. The molecule has 3 rings (SSSR count). The predicted molar refractivity (Wildman–Crippen MR) is 64.0 cm³/mol. The molecule has 1 aliphatic rings. The number of amides is 1. The van der Waals surface area contributed by atoms with Gasteiger partial charge in [-0.1, -0.05) is 23.7 Å². The molecule has 0 radical (unpaired) electrons. The number of alkyl carbamates (subject to hydrolysis) is 1. The maximum atomic E-state index is 11.1. The van der Waals surface area contributed by atoms with Gasteiger partial charge < -0.3 is 10.1 Å². The third-order valence-corrected chi connectivity index (χ3v) is 3.11. The number of halogens is 1. The van der Waals surface area contributed by atoms with E-state index in [4.69, 9.17) is 16.3 Å². The summed E-state index contributed by atoms with van der Waals surface area (Å²) >= 11 is 6.18. The number of rotatable bonds is 1. The minimum absolute atomic E-state index is 0.228. The zero-order valence-corrected chi connectivity index (χ0v) is 9.57. The van der Waals surface area contributed by atoms with E-state index in [1.54, 1.807) is 6.20 Å². The van der Waals surface area contributed by atoms with E-state index in [1.807, 2.05) is 24.3 Å². The normalized spacial score (nSPS) is 19.1. The molecule has 86 valence electrons. The number of carbonyl (C=O) groups excluding carboxylic acids is 1. The van der Waals surface area contributed by atoms with Crippen LogP contribution in [0.2, 0.25) is 5.02 Å². The van der Waals surface area contributed by atoms with Crippen LogP contribution in [0.1, 0.15) is 11.6 Å². The molecule has 2 aromatic rings. The molecule has 0 spiro atoms. The Morgan fingerprint density at radius 2 is 2.29 bits per heavy atom. The number of carbonyl (C=O) groups is 1. The monoisotopic (exact) mass is 248 g/mol. The molecule has 1 atom stereocenters. The van der Waals surface area contributed by atoms with Crippen LogP contribution in [0.25, 0.3) is 10.9 Å². The number of hydrogen-bond acceptors (Lipinski definition) is 3. The molecule has 1 unspecified atom stereocenters. The lowest BCUT2D eigenvalue weighted by Gasteiger charge is -2.12. The number of pyridine rings is 1. The summed E-state index contributed by atoms with van der Waals surface area (Å²) in [5, 5.41) is 4.30. The van der Waals surface area contributed by atoms with Gasteiger partial charge in [-0.3, -0.25) is 4.98 Å². The Balaban J connectivity index is 2.20. The molecule has 1 fully saturated rings. The summed E-state index contributed by atoms with van der Waals surface area (Å²) in [4.78, 5) is 15.4. The first-order valence-electron chi connectivity index (χ1n) is 5.22. The van der Waals surface area contributed by atoms with Gasteiger partial charge in [0, 0.05) is 22.2 Å². The van der Waals surface area contributed by atoms with Gasteiger partial charge >= 0.3 is 6.09 Å². The second kappa shape index (κ2) is 3.89. The van der Waals surface area contributed by atoms with Gasteiger partial charge in [-0.05, 0) is 12.1 Å². The second-order valence-electron chi connectivity index (χ2n) is 3.83. The van der Waals surface area contributed by atoms with Crippen LogP contribution in [0.15, 0.2) is 30.5 Å². The first kappa shape index (κ1) is 10.4. The summed E-state index contributed by atoms with van der Waals surface area (Å²) in [6.45, 7) is 0.286. The molecule has 1 aromatic heterocycles.